The largest absolute Gasteiger partial charge is 0.447 e. The third-order valence-electron chi connectivity index (χ3n) is 3.29. The Morgan fingerprint density at radius 1 is 1.21 bits per heavy atom. The predicted molar refractivity (Wildman–Crippen MR) is 71.7 cm³/mol. The molecule has 0 aliphatic carbocycles. The van der Waals surface area contributed by atoms with E-state index in [0.717, 1.165) is 11.4 Å². The lowest BCUT2D eigenvalue weighted by atomic mass is 10.2. The van der Waals surface area contributed by atoms with E-state index in [9.17, 15) is 9.59 Å². The van der Waals surface area contributed by atoms with E-state index >= 15 is 0 Å². The van der Waals surface area contributed by atoms with E-state index in [1.807, 2.05) is 24.3 Å². The summed E-state index contributed by atoms with van der Waals surface area (Å²) in [6.45, 7) is 1.44. The number of alkyl halides is 1. The molecule has 2 saturated heterocycles. The first kappa shape index (κ1) is 12.3. The van der Waals surface area contributed by atoms with Crippen molar-refractivity contribution in [2.75, 3.05) is 29.5 Å². The lowest BCUT2D eigenvalue weighted by molar-refractivity contribution is -0.117. The van der Waals surface area contributed by atoms with Crippen molar-refractivity contribution in [1.29, 1.82) is 0 Å². The SMILES string of the molecule is O=C1CC(Cl)CN1c1cccc(N2CCOC2=O)c1. The molecule has 2 aliphatic heterocycles. The third kappa shape index (κ3) is 2.26. The minimum atomic E-state index is -0.347. The monoisotopic (exact) mass is 280 g/mol. The topological polar surface area (TPSA) is 49.9 Å². The Morgan fingerprint density at radius 2 is 1.95 bits per heavy atom. The Morgan fingerprint density at radius 3 is 2.53 bits per heavy atom. The molecule has 2 heterocycles. The number of rotatable bonds is 2. The van der Waals surface area contributed by atoms with Crippen LogP contribution in [-0.2, 0) is 9.53 Å². The standard InChI is InChI=1S/C13H13ClN2O3/c14-9-6-12(17)16(8-9)11-3-1-2-10(7-11)15-4-5-19-13(15)18/h1-3,7,9H,4-6,8H2. The minimum absolute atomic E-state index is 0.0150. The molecule has 19 heavy (non-hydrogen) atoms. The van der Waals surface area contributed by atoms with Gasteiger partial charge in [-0.05, 0) is 18.2 Å². The van der Waals surface area contributed by atoms with Crippen LogP contribution in [0.15, 0.2) is 24.3 Å². The van der Waals surface area contributed by atoms with Gasteiger partial charge in [-0.2, -0.15) is 0 Å². The summed E-state index contributed by atoms with van der Waals surface area (Å²) in [7, 11) is 0. The molecule has 100 valence electrons. The fourth-order valence-electron chi connectivity index (χ4n) is 2.37. The summed E-state index contributed by atoms with van der Waals surface area (Å²) in [6.07, 6.45) is 0.0116. The predicted octanol–water partition coefficient (Wildman–Crippen LogP) is 1.99. The molecule has 0 aromatic heterocycles. The van der Waals surface area contributed by atoms with Crippen LogP contribution in [0.25, 0.3) is 0 Å². The van der Waals surface area contributed by atoms with Crippen LogP contribution in [0.1, 0.15) is 6.42 Å². The smallest absolute Gasteiger partial charge is 0.414 e. The van der Waals surface area contributed by atoms with Crippen LogP contribution in [0.3, 0.4) is 0 Å². The van der Waals surface area contributed by atoms with Gasteiger partial charge in [0, 0.05) is 24.3 Å². The van der Waals surface area contributed by atoms with E-state index in [1.165, 1.54) is 0 Å². The Balaban J connectivity index is 1.88. The summed E-state index contributed by atoms with van der Waals surface area (Å²) in [4.78, 5) is 26.6. The number of nitrogens with zero attached hydrogens (tertiary/aromatic N) is 2. The summed E-state index contributed by atoms with van der Waals surface area (Å²) >= 11 is 5.99. The first-order chi connectivity index (χ1) is 9.15. The molecule has 0 spiro atoms. The van der Waals surface area contributed by atoms with Gasteiger partial charge in [-0.3, -0.25) is 9.69 Å². The van der Waals surface area contributed by atoms with Crippen LogP contribution < -0.4 is 9.80 Å². The summed E-state index contributed by atoms with van der Waals surface area (Å²) < 4.78 is 4.91. The van der Waals surface area contributed by atoms with Gasteiger partial charge in [-0.1, -0.05) is 6.07 Å². The summed E-state index contributed by atoms with van der Waals surface area (Å²) in [5.74, 6) is 0.0150. The fourth-order valence-corrected chi connectivity index (χ4v) is 2.64. The van der Waals surface area contributed by atoms with Gasteiger partial charge in [-0.15, -0.1) is 11.6 Å². The Hall–Kier alpha value is -1.75. The number of amides is 2. The molecule has 0 saturated carbocycles. The molecule has 2 fully saturated rings. The van der Waals surface area contributed by atoms with Crippen molar-refractivity contribution >= 4 is 35.0 Å². The van der Waals surface area contributed by atoms with Gasteiger partial charge in [0.2, 0.25) is 5.91 Å². The maximum Gasteiger partial charge on any atom is 0.414 e. The number of hydrogen-bond donors (Lipinski definition) is 0. The van der Waals surface area contributed by atoms with Crippen molar-refractivity contribution in [3.8, 4) is 0 Å². The van der Waals surface area contributed by atoms with Gasteiger partial charge < -0.3 is 9.64 Å². The molecule has 5 nitrogen and oxygen atoms in total. The molecule has 1 unspecified atom stereocenters. The fraction of sp³-hybridized carbons (Fsp3) is 0.385. The lowest BCUT2D eigenvalue weighted by Gasteiger charge is -2.19. The summed E-state index contributed by atoms with van der Waals surface area (Å²) in [5, 5.41) is -0.145. The molecule has 0 bridgehead atoms. The average Bonchev–Trinajstić information content (AvgIpc) is 2.95. The van der Waals surface area contributed by atoms with Crippen LogP contribution in [0.4, 0.5) is 16.2 Å². The van der Waals surface area contributed by atoms with Crippen LogP contribution in [0.5, 0.6) is 0 Å². The summed E-state index contributed by atoms with van der Waals surface area (Å²) in [6, 6.07) is 7.32. The second-order valence-electron chi connectivity index (χ2n) is 4.59. The van der Waals surface area contributed by atoms with Crippen molar-refractivity contribution in [3.63, 3.8) is 0 Å². The number of benzene rings is 1. The highest BCUT2D eigenvalue weighted by Crippen LogP contribution is 2.28. The third-order valence-corrected chi connectivity index (χ3v) is 3.58. The maximum absolute atomic E-state index is 11.8. The van der Waals surface area contributed by atoms with E-state index in [0.29, 0.717) is 26.1 Å². The Bertz CT molecular complexity index is 534. The van der Waals surface area contributed by atoms with Crippen LogP contribution in [0.2, 0.25) is 0 Å². The zero-order valence-electron chi connectivity index (χ0n) is 10.2. The van der Waals surface area contributed by atoms with Gasteiger partial charge in [0.1, 0.15) is 6.61 Å². The van der Waals surface area contributed by atoms with Crippen molar-refractivity contribution in [1.82, 2.24) is 0 Å². The molecule has 3 rings (SSSR count). The van der Waals surface area contributed by atoms with E-state index in [-0.39, 0.29) is 17.4 Å². The quantitative estimate of drug-likeness (QED) is 0.779. The number of anilines is 2. The van der Waals surface area contributed by atoms with E-state index in [1.54, 1.807) is 9.80 Å². The molecule has 2 aliphatic rings. The number of halogens is 1. The highest BCUT2D eigenvalue weighted by Gasteiger charge is 2.30. The van der Waals surface area contributed by atoms with E-state index in [2.05, 4.69) is 0 Å². The molecular weight excluding hydrogens is 268 g/mol. The van der Waals surface area contributed by atoms with Gasteiger partial charge in [0.15, 0.2) is 0 Å². The minimum Gasteiger partial charge on any atom is -0.447 e. The highest BCUT2D eigenvalue weighted by atomic mass is 35.5. The first-order valence-electron chi connectivity index (χ1n) is 6.14. The number of ether oxygens (including phenoxy) is 1. The van der Waals surface area contributed by atoms with E-state index < -0.39 is 0 Å². The second-order valence-corrected chi connectivity index (χ2v) is 5.21. The number of carbonyl (C=O) groups excluding carboxylic acids is 2. The zero-order chi connectivity index (χ0) is 13.4. The molecule has 1 aromatic carbocycles. The molecule has 2 amide bonds. The molecule has 6 heteroatoms. The lowest BCUT2D eigenvalue weighted by Crippen LogP contribution is -2.26. The van der Waals surface area contributed by atoms with Crippen molar-refractivity contribution in [2.45, 2.75) is 11.8 Å². The number of cyclic esters (lactones) is 1. The van der Waals surface area contributed by atoms with Crippen LogP contribution in [-0.4, -0.2) is 37.1 Å². The molecule has 1 atom stereocenters. The van der Waals surface area contributed by atoms with Crippen molar-refractivity contribution < 1.29 is 14.3 Å². The molecular formula is C13H13ClN2O3. The number of carbonyl (C=O) groups is 2. The Kier molecular flexibility index (Phi) is 3.06. The molecule has 1 aromatic rings. The van der Waals surface area contributed by atoms with Crippen molar-refractivity contribution in [3.05, 3.63) is 24.3 Å². The molecule has 0 radical (unpaired) electrons. The zero-order valence-corrected chi connectivity index (χ0v) is 11.0. The second kappa shape index (κ2) is 4.74. The van der Waals surface area contributed by atoms with Crippen LogP contribution >= 0.6 is 11.6 Å². The van der Waals surface area contributed by atoms with Gasteiger partial charge in [0.05, 0.1) is 11.9 Å². The van der Waals surface area contributed by atoms with Crippen molar-refractivity contribution in [2.24, 2.45) is 0 Å². The molecule has 0 N–H and O–H groups in total. The highest BCUT2D eigenvalue weighted by molar-refractivity contribution is 6.24. The van der Waals surface area contributed by atoms with Gasteiger partial charge in [0.25, 0.3) is 0 Å². The van der Waals surface area contributed by atoms with E-state index in [4.69, 9.17) is 16.3 Å². The van der Waals surface area contributed by atoms with Gasteiger partial charge >= 0.3 is 6.09 Å². The normalized spacial score (nSPS) is 23.1. The average molecular weight is 281 g/mol. The van der Waals surface area contributed by atoms with Gasteiger partial charge in [-0.25, -0.2) is 4.79 Å². The summed E-state index contributed by atoms with van der Waals surface area (Å²) in [5.41, 5.74) is 1.51. The first-order valence-corrected chi connectivity index (χ1v) is 6.57. The Labute approximate surface area is 115 Å². The van der Waals surface area contributed by atoms with Crippen LogP contribution in [0, 0.1) is 0 Å². The number of hydrogen-bond acceptors (Lipinski definition) is 3. The maximum atomic E-state index is 11.8.